The molecule has 2 nitrogen and oxygen atoms in total. The predicted octanol–water partition coefficient (Wildman–Crippen LogP) is 4.45. The zero-order valence-electron chi connectivity index (χ0n) is 10.2. The van der Waals surface area contributed by atoms with Crippen molar-refractivity contribution in [2.75, 3.05) is 5.73 Å². The van der Waals surface area contributed by atoms with E-state index in [0.717, 1.165) is 28.4 Å². The predicted molar refractivity (Wildman–Crippen MR) is 78.8 cm³/mol. The maximum atomic E-state index is 5.90. The summed E-state index contributed by atoms with van der Waals surface area (Å²) in [5.41, 5.74) is 9.48. The van der Waals surface area contributed by atoms with E-state index in [1.54, 1.807) is 0 Å². The van der Waals surface area contributed by atoms with Gasteiger partial charge in [0.1, 0.15) is 0 Å². The quantitative estimate of drug-likeness (QED) is 0.641. The van der Waals surface area contributed by atoms with E-state index >= 15 is 0 Å². The van der Waals surface area contributed by atoms with Crippen LogP contribution >= 0.6 is 11.6 Å². The van der Waals surface area contributed by atoms with Gasteiger partial charge in [0, 0.05) is 10.7 Å². The Labute approximate surface area is 112 Å². The van der Waals surface area contributed by atoms with Gasteiger partial charge in [0.05, 0.1) is 11.4 Å². The van der Waals surface area contributed by atoms with E-state index in [2.05, 4.69) is 11.9 Å². The molecule has 0 aromatic heterocycles. The highest BCUT2D eigenvalue weighted by atomic mass is 35.5. The molecule has 2 aromatic rings. The molecule has 0 aliphatic rings. The van der Waals surface area contributed by atoms with Gasteiger partial charge in [-0.15, -0.1) is 0 Å². The maximum absolute atomic E-state index is 5.90. The number of aliphatic imine (C=N–C) groups is 1. The molecule has 0 aliphatic carbocycles. The third-order valence-corrected chi connectivity index (χ3v) is 2.96. The Morgan fingerprint density at radius 3 is 2.39 bits per heavy atom. The smallest absolute Gasteiger partial charge is 0.0862 e. The summed E-state index contributed by atoms with van der Waals surface area (Å²) in [6.45, 7) is 2.08. The van der Waals surface area contributed by atoms with Crippen molar-refractivity contribution in [1.29, 1.82) is 0 Å². The molecule has 92 valence electrons. The molecule has 0 saturated heterocycles. The largest absolute Gasteiger partial charge is 0.397 e. The summed E-state index contributed by atoms with van der Waals surface area (Å²) in [5.74, 6) is 0. The van der Waals surface area contributed by atoms with E-state index in [9.17, 15) is 0 Å². The minimum Gasteiger partial charge on any atom is -0.397 e. The van der Waals surface area contributed by atoms with Gasteiger partial charge >= 0.3 is 0 Å². The van der Waals surface area contributed by atoms with Crippen LogP contribution in [-0.4, -0.2) is 5.71 Å². The zero-order valence-corrected chi connectivity index (χ0v) is 11.0. The lowest BCUT2D eigenvalue weighted by atomic mass is 10.1. The van der Waals surface area contributed by atoms with Crippen LogP contribution in [-0.2, 0) is 0 Å². The Morgan fingerprint density at radius 1 is 1.11 bits per heavy atom. The summed E-state index contributed by atoms with van der Waals surface area (Å²) >= 11 is 5.89. The van der Waals surface area contributed by atoms with Crippen molar-refractivity contribution >= 4 is 28.7 Å². The van der Waals surface area contributed by atoms with Gasteiger partial charge in [0.15, 0.2) is 0 Å². The molecule has 2 rings (SSSR count). The number of nitrogens with two attached hydrogens (primary N) is 1. The fourth-order valence-electron chi connectivity index (χ4n) is 1.72. The average molecular weight is 259 g/mol. The second-order valence-electron chi connectivity index (χ2n) is 3.98. The standard InChI is InChI=1S/C15H15ClN2/c1-2-14(11-7-9-12(16)10-8-11)18-15-6-4-3-5-13(15)17/h3-10H,2,17H2,1H3. The van der Waals surface area contributed by atoms with E-state index in [1.807, 2.05) is 48.5 Å². The monoisotopic (exact) mass is 258 g/mol. The molecule has 0 saturated carbocycles. The summed E-state index contributed by atoms with van der Waals surface area (Å²) in [4.78, 5) is 4.63. The molecule has 2 aromatic carbocycles. The Kier molecular flexibility index (Phi) is 4.00. The normalized spacial score (nSPS) is 11.6. The van der Waals surface area contributed by atoms with E-state index < -0.39 is 0 Å². The number of benzene rings is 2. The lowest BCUT2D eigenvalue weighted by Gasteiger charge is -2.06. The molecule has 3 heteroatoms. The first-order valence-electron chi connectivity index (χ1n) is 5.88. The Bertz CT molecular complexity index is 559. The van der Waals surface area contributed by atoms with Crippen molar-refractivity contribution in [3.63, 3.8) is 0 Å². The van der Waals surface area contributed by atoms with E-state index in [-0.39, 0.29) is 0 Å². The van der Waals surface area contributed by atoms with Crippen LogP contribution in [0.3, 0.4) is 0 Å². The summed E-state index contributed by atoms with van der Waals surface area (Å²) in [5, 5.41) is 0.730. The molecule has 0 unspecified atom stereocenters. The molecule has 0 fully saturated rings. The second kappa shape index (κ2) is 5.69. The molecule has 2 N–H and O–H groups in total. The highest BCUT2D eigenvalue weighted by molar-refractivity contribution is 6.30. The SMILES string of the molecule is CCC(=Nc1ccccc1N)c1ccc(Cl)cc1. The molecule has 0 aliphatic heterocycles. The molecule has 0 spiro atoms. The van der Waals surface area contributed by atoms with Crippen molar-refractivity contribution < 1.29 is 0 Å². The highest BCUT2D eigenvalue weighted by Crippen LogP contribution is 2.23. The van der Waals surface area contributed by atoms with E-state index in [1.165, 1.54) is 0 Å². The first-order chi connectivity index (χ1) is 8.70. The van der Waals surface area contributed by atoms with Crippen molar-refractivity contribution in [2.45, 2.75) is 13.3 Å². The van der Waals surface area contributed by atoms with Crippen LogP contribution in [0.15, 0.2) is 53.5 Å². The third kappa shape index (κ3) is 2.90. The number of nitrogen functional groups attached to an aromatic ring is 1. The van der Waals surface area contributed by atoms with Gasteiger partial charge < -0.3 is 5.73 Å². The summed E-state index contributed by atoms with van der Waals surface area (Å²) in [7, 11) is 0. The maximum Gasteiger partial charge on any atom is 0.0862 e. The van der Waals surface area contributed by atoms with Crippen LogP contribution < -0.4 is 5.73 Å². The summed E-state index contributed by atoms with van der Waals surface area (Å²) < 4.78 is 0. The molecular weight excluding hydrogens is 244 g/mol. The van der Waals surface area contributed by atoms with Crippen LogP contribution in [0.5, 0.6) is 0 Å². The number of para-hydroxylation sites is 2. The first kappa shape index (κ1) is 12.7. The number of halogens is 1. The Morgan fingerprint density at radius 2 is 1.78 bits per heavy atom. The second-order valence-corrected chi connectivity index (χ2v) is 4.41. The summed E-state index contributed by atoms with van der Waals surface area (Å²) in [6.07, 6.45) is 0.843. The molecule has 0 atom stereocenters. The van der Waals surface area contributed by atoms with Crippen LogP contribution in [0.4, 0.5) is 11.4 Å². The first-order valence-corrected chi connectivity index (χ1v) is 6.26. The van der Waals surface area contributed by atoms with E-state index in [4.69, 9.17) is 17.3 Å². The Balaban J connectivity index is 2.40. The lowest BCUT2D eigenvalue weighted by molar-refractivity contribution is 1.26. The Hall–Kier alpha value is -1.80. The average Bonchev–Trinajstić information content (AvgIpc) is 2.39. The van der Waals surface area contributed by atoms with Gasteiger partial charge in [0.2, 0.25) is 0 Å². The molecule has 18 heavy (non-hydrogen) atoms. The summed E-state index contributed by atoms with van der Waals surface area (Å²) in [6, 6.07) is 15.3. The minimum atomic E-state index is 0.692. The van der Waals surface area contributed by atoms with E-state index in [0.29, 0.717) is 5.69 Å². The van der Waals surface area contributed by atoms with Crippen LogP contribution in [0.25, 0.3) is 0 Å². The number of hydrogen-bond acceptors (Lipinski definition) is 2. The zero-order chi connectivity index (χ0) is 13.0. The van der Waals surface area contributed by atoms with Crippen LogP contribution in [0.1, 0.15) is 18.9 Å². The fourth-order valence-corrected chi connectivity index (χ4v) is 1.85. The van der Waals surface area contributed by atoms with Crippen molar-refractivity contribution in [3.05, 3.63) is 59.1 Å². The topological polar surface area (TPSA) is 38.4 Å². The fraction of sp³-hybridized carbons (Fsp3) is 0.133. The molecule has 0 amide bonds. The van der Waals surface area contributed by atoms with Gasteiger partial charge in [-0.3, -0.25) is 4.99 Å². The van der Waals surface area contributed by atoms with Gasteiger partial charge in [-0.05, 0) is 36.2 Å². The van der Waals surface area contributed by atoms with Gasteiger partial charge in [-0.2, -0.15) is 0 Å². The van der Waals surface area contributed by atoms with Crippen LogP contribution in [0, 0.1) is 0 Å². The number of rotatable bonds is 3. The minimum absolute atomic E-state index is 0.692. The van der Waals surface area contributed by atoms with Crippen LogP contribution in [0.2, 0.25) is 5.02 Å². The number of anilines is 1. The molecule has 0 radical (unpaired) electrons. The van der Waals surface area contributed by atoms with Crippen molar-refractivity contribution in [3.8, 4) is 0 Å². The number of nitrogens with zero attached hydrogens (tertiary/aromatic N) is 1. The molecular formula is C15H15ClN2. The molecule has 0 heterocycles. The van der Waals surface area contributed by atoms with Gasteiger partial charge in [-0.1, -0.05) is 42.8 Å². The lowest BCUT2D eigenvalue weighted by Crippen LogP contribution is -1.98. The molecule has 0 bridgehead atoms. The van der Waals surface area contributed by atoms with Gasteiger partial charge in [-0.25, -0.2) is 0 Å². The van der Waals surface area contributed by atoms with Gasteiger partial charge in [0.25, 0.3) is 0 Å². The third-order valence-electron chi connectivity index (χ3n) is 2.70. The van der Waals surface area contributed by atoms with Crippen molar-refractivity contribution in [2.24, 2.45) is 4.99 Å². The van der Waals surface area contributed by atoms with Crippen molar-refractivity contribution in [1.82, 2.24) is 0 Å². The highest BCUT2D eigenvalue weighted by Gasteiger charge is 2.03. The number of hydrogen-bond donors (Lipinski definition) is 1.